The maximum absolute atomic E-state index is 12.4. The molecule has 1 saturated heterocycles. The number of amides is 1. The molecule has 0 aliphatic carbocycles. The number of rotatable bonds is 5. The van der Waals surface area contributed by atoms with Crippen LogP contribution in [-0.4, -0.2) is 40.1 Å². The molecule has 0 spiro atoms. The van der Waals surface area contributed by atoms with Crippen LogP contribution in [0.15, 0.2) is 47.0 Å². The van der Waals surface area contributed by atoms with Crippen molar-refractivity contribution >= 4 is 17.2 Å². The fourth-order valence-corrected chi connectivity index (χ4v) is 4.07. The summed E-state index contributed by atoms with van der Waals surface area (Å²) < 4.78 is 5.41. The molecule has 1 unspecified atom stereocenters. The van der Waals surface area contributed by atoms with Gasteiger partial charge < -0.3 is 9.84 Å². The highest BCUT2D eigenvalue weighted by Crippen LogP contribution is 2.21. The van der Waals surface area contributed by atoms with E-state index in [1.165, 1.54) is 9.75 Å². The molecule has 0 saturated carbocycles. The topological polar surface area (TPSA) is 71.3 Å². The van der Waals surface area contributed by atoms with Gasteiger partial charge in [0.2, 0.25) is 17.6 Å². The lowest BCUT2D eigenvalue weighted by Gasteiger charge is -2.33. The van der Waals surface area contributed by atoms with Crippen molar-refractivity contribution in [2.75, 3.05) is 13.1 Å². The molecular formula is C19H20N4O2S. The van der Waals surface area contributed by atoms with Crippen LogP contribution in [-0.2, 0) is 17.8 Å². The second kappa shape index (κ2) is 7.39. The molecule has 3 aromatic rings. The molecule has 1 atom stereocenters. The van der Waals surface area contributed by atoms with Crippen molar-refractivity contribution in [3.05, 3.63) is 58.1 Å². The lowest BCUT2D eigenvalue weighted by Crippen LogP contribution is -2.55. The van der Waals surface area contributed by atoms with Crippen LogP contribution in [0, 0.1) is 6.92 Å². The fourth-order valence-electron chi connectivity index (χ4n) is 3.15. The molecule has 0 radical (unpaired) electrons. The highest BCUT2D eigenvalue weighted by Gasteiger charge is 2.31. The molecule has 2 aromatic heterocycles. The first-order valence-electron chi connectivity index (χ1n) is 8.64. The standard InChI is InChI=1S/C19H20N4O2S/c1-13-7-8-15(26-13)12-23-10-9-20-19(24)16(23)11-17-21-18(22-25-17)14-5-3-2-4-6-14/h2-8,16H,9-12H2,1H3,(H,20,24). The first-order valence-corrected chi connectivity index (χ1v) is 9.46. The molecule has 1 aromatic carbocycles. The van der Waals surface area contributed by atoms with Crippen LogP contribution in [0.4, 0.5) is 0 Å². The van der Waals surface area contributed by atoms with E-state index in [1.807, 2.05) is 30.3 Å². The molecule has 1 amide bonds. The minimum absolute atomic E-state index is 0.0176. The fraction of sp³-hybridized carbons (Fsp3) is 0.316. The summed E-state index contributed by atoms with van der Waals surface area (Å²) in [5.41, 5.74) is 0.904. The van der Waals surface area contributed by atoms with E-state index in [0.29, 0.717) is 24.7 Å². The molecule has 1 N–H and O–H groups in total. The second-order valence-corrected chi connectivity index (χ2v) is 7.74. The quantitative estimate of drug-likeness (QED) is 0.750. The minimum Gasteiger partial charge on any atom is -0.353 e. The van der Waals surface area contributed by atoms with Gasteiger partial charge in [0.15, 0.2) is 0 Å². The molecule has 7 heteroatoms. The molecular weight excluding hydrogens is 348 g/mol. The van der Waals surface area contributed by atoms with Gasteiger partial charge in [0.25, 0.3) is 0 Å². The predicted octanol–water partition coefficient (Wildman–Crippen LogP) is 2.65. The van der Waals surface area contributed by atoms with Gasteiger partial charge in [0.05, 0.1) is 12.5 Å². The SMILES string of the molecule is Cc1ccc(CN2CCNC(=O)C2Cc2nc(-c3ccccc3)no2)s1. The van der Waals surface area contributed by atoms with E-state index in [9.17, 15) is 4.79 Å². The monoisotopic (exact) mass is 368 g/mol. The van der Waals surface area contributed by atoms with Crippen LogP contribution in [0.3, 0.4) is 0 Å². The van der Waals surface area contributed by atoms with Gasteiger partial charge in [-0.3, -0.25) is 9.69 Å². The van der Waals surface area contributed by atoms with E-state index >= 15 is 0 Å². The first kappa shape index (κ1) is 16.9. The lowest BCUT2D eigenvalue weighted by molar-refractivity contribution is -0.129. The largest absolute Gasteiger partial charge is 0.353 e. The summed E-state index contributed by atoms with van der Waals surface area (Å²) >= 11 is 1.77. The van der Waals surface area contributed by atoms with Crippen LogP contribution in [0.5, 0.6) is 0 Å². The summed E-state index contributed by atoms with van der Waals surface area (Å²) in [6, 6.07) is 13.6. The van der Waals surface area contributed by atoms with E-state index in [4.69, 9.17) is 4.52 Å². The summed E-state index contributed by atoms with van der Waals surface area (Å²) in [7, 11) is 0. The second-order valence-electron chi connectivity index (χ2n) is 6.37. The van der Waals surface area contributed by atoms with Crippen LogP contribution in [0.1, 0.15) is 15.6 Å². The Morgan fingerprint density at radius 2 is 2.12 bits per heavy atom. The molecule has 1 aliphatic heterocycles. The maximum Gasteiger partial charge on any atom is 0.237 e. The van der Waals surface area contributed by atoms with Crippen molar-refractivity contribution in [1.29, 1.82) is 0 Å². The number of nitrogens with one attached hydrogen (secondary N) is 1. The number of aryl methyl sites for hydroxylation is 1. The summed E-state index contributed by atoms with van der Waals surface area (Å²) in [5.74, 6) is 1.06. The number of hydrogen-bond acceptors (Lipinski definition) is 6. The van der Waals surface area contributed by atoms with Gasteiger partial charge in [0, 0.05) is 35.0 Å². The number of nitrogens with zero attached hydrogens (tertiary/aromatic N) is 3. The van der Waals surface area contributed by atoms with Crippen LogP contribution in [0.25, 0.3) is 11.4 Å². The number of carbonyl (C=O) groups excluding carboxylic acids is 1. The third kappa shape index (κ3) is 3.68. The minimum atomic E-state index is -0.296. The molecule has 26 heavy (non-hydrogen) atoms. The van der Waals surface area contributed by atoms with Gasteiger partial charge >= 0.3 is 0 Å². The Bertz CT molecular complexity index is 890. The average Bonchev–Trinajstić information content (AvgIpc) is 3.28. The van der Waals surface area contributed by atoms with Crippen molar-refractivity contribution in [2.45, 2.75) is 25.9 Å². The molecule has 4 rings (SSSR count). The van der Waals surface area contributed by atoms with Gasteiger partial charge in [-0.1, -0.05) is 35.5 Å². The number of carbonyl (C=O) groups is 1. The van der Waals surface area contributed by atoms with Gasteiger partial charge in [-0.05, 0) is 19.1 Å². The normalized spacial score (nSPS) is 18.0. The van der Waals surface area contributed by atoms with Crippen molar-refractivity contribution in [2.24, 2.45) is 0 Å². The Hall–Kier alpha value is -2.51. The highest BCUT2D eigenvalue weighted by molar-refractivity contribution is 7.11. The third-order valence-corrected chi connectivity index (χ3v) is 5.45. The zero-order chi connectivity index (χ0) is 17.9. The zero-order valence-corrected chi connectivity index (χ0v) is 15.3. The van der Waals surface area contributed by atoms with Crippen LogP contribution >= 0.6 is 11.3 Å². The molecule has 3 heterocycles. The van der Waals surface area contributed by atoms with Crippen molar-refractivity contribution in [1.82, 2.24) is 20.4 Å². The van der Waals surface area contributed by atoms with Crippen LogP contribution < -0.4 is 5.32 Å². The van der Waals surface area contributed by atoms with Crippen molar-refractivity contribution in [3.8, 4) is 11.4 Å². The van der Waals surface area contributed by atoms with Crippen molar-refractivity contribution < 1.29 is 9.32 Å². The molecule has 0 bridgehead atoms. The summed E-state index contributed by atoms with van der Waals surface area (Å²) in [6.07, 6.45) is 0.413. The number of benzene rings is 1. The first-order chi connectivity index (χ1) is 12.7. The van der Waals surface area contributed by atoms with E-state index in [2.05, 4.69) is 39.4 Å². The zero-order valence-electron chi connectivity index (χ0n) is 14.5. The Morgan fingerprint density at radius 1 is 1.27 bits per heavy atom. The molecule has 6 nitrogen and oxygen atoms in total. The molecule has 1 aliphatic rings. The number of hydrogen-bond donors (Lipinski definition) is 1. The van der Waals surface area contributed by atoms with E-state index in [1.54, 1.807) is 11.3 Å². The third-order valence-electron chi connectivity index (χ3n) is 4.46. The average molecular weight is 368 g/mol. The van der Waals surface area contributed by atoms with Gasteiger partial charge in [-0.25, -0.2) is 0 Å². The number of aromatic nitrogens is 2. The number of thiophene rings is 1. The van der Waals surface area contributed by atoms with Gasteiger partial charge in [-0.15, -0.1) is 11.3 Å². The van der Waals surface area contributed by atoms with Crippen LogP contribution in [0.2, 0.25) is 0 Å². The molecule has 1 fully saturated rings. The summed E-state index contributed by atoms with van der Waals surface area (Å²) in [5, 5.41) is 7.00. The Kier molecular flexibility index (Phi) is 4.81. The van der Waals surface area contributed by atoms with Crippen molar-refractivity contribution in [3.63, 3.8) is 0 Å². The Morgan fingerprint density at radius 3 is 2.88 bits per heavy atom. The summed E-state index contributed by atoms with van der Waals surface area (Å²) in [6.45, 7) is 4.33. The lowest BCUT2D eigenvalue weighted by atomic mass is 10.1. The molecule has 134 valence electrons. The van der Waals surface area contributed by atoms with Gasteiger partial charge in [0.1, 0.15) is 0 Å². The van der Waals surface area contributed by atoms with E-state index < -0.39 is 0 Å². The predicted molar refractivity (Wildman–Crippen MR) is 99.7 cm³/mol. The smallest absolute Gasteiger partial charge is 0.237 e. The highest BCUT2D eigenvalue weighted by atomic mass is 32.1. The number of piperazine rings is 1. The Balaban J connectivity index is 1.50. The summed E-state index contributed by atoms with van der Waals surface area (Å²) in [4.78, 5) is 21.6. The Labute approximate surface area is 155 Å². The van der Waals surface area contributed by atoms with E-state index in [-0.39, 0.29) is 11.9 Å². The maximum atomic E-state index is 12.4. The van der Waals surface area contributed by atoms with Gasteiger partial charge in [-0.2, -0.15) is 4.98 Å². The van der Waals surface area contributed by atoms with E-state index in [0.717, 1.165) is 18.7 Å².